The third kappa shape index (κ3) is 85.0. The first kappa shape index (κ1) is 97.2. The second-order valence-electron chi connectivity index (χ2n) is 29.5. The van der Waals surface area contributed by atoms with Gasteiger partial charge < -0.3 is 18.9 Å². The van der Waals surface area contributed by atoms with Crippen LogP contribution in [0.25, 0.3) is 0 Å². The van der Waals surface area contributed by atoms with E-state index in [-0.39, 0.29) is 32.0 Å². The van der Waals surface area contributed by atoms with Gasteiger partial charge in [0.05, 0.1) is 27.7 Å². The zero-order valence-corrected chi connectivity index (χ0v) is 67.5. The highest BCUT2D eigenvalue weighted by molar-refractivity contribution is 7.47. The number of hydrogen-bond acceptors (Lipinski definition) is 7. The van der Waals surface area contributed by atoms with E-state index in [1.54, 1.807) is 0 Å². The number of quaternary nitrogens is 1. The van der Waals surface area contributed by atoms with Crippen molar-refractivity contribution in [1.29, 1.82) is 0 Å². The van der Waals surface area contributed by atoms with Crippen molar-refractivity contribution in [3.05, 3.63) is 134 Å². The number of likely N-dealkylation sites (N-methyl/N-ethyl adjacent to an activating group) is 1. The summed E-state index contributed by atoms with van der Waals surface area (Å²) in [6.45, 7) is 4.35. The molecule has 0 heterocycles. The molecule has 0 aliphatic carbocycles. The first-order valence-electron chi connectivity index (χ1n) is 42.4. The van der Waals surface area contributed by atoms with E-state index in [0.29, 0.717) is 17.4 Å². The molecule has 0 rings (SSSR count). The summed E-state index contributed by atoms with van der Waals surface area (Å²) >= 11 is 0. The molecule has 0 aliphatic heterocycles. The number of carbonyl (C=O) groups excluding carboxylic acids is 2. The number of ether oxygens (including phenoxy) is 2. The lowest BCUT2D eigenvalue weighted by molar-refractivity contribution is -0.870. The van der Waals surface area contributed by atoms with Gasteiger partial charge in [-0.1, -0.05) is 404 Å². The molecule has 0 saturated carbocycles. The van der Waals surface area contributed by atoms with Crippen LogP contribution in [0.5, 0.6) is 0 Å². The zero-order chi connectivity index (χ0) is 73.3. The molecule has 0 aromatic heterocycles. The minimum Gasteiger partial charge on any atom is -0.462 e. The summed E-state index contributed by atoms with van der Waals surface area (Å²) in [6.07, 6.45) is 118. The summed E-state index contributed by atoms with van der Waals surface area (Å²) in [5, 5.41) is 0. The van der Waals surface area contributed by atoms with Crippen LogP contribution >= 0.6 is 7.82 Å². The van der Waals surface area contributed by atoms with Gasteiger partial charge in [-0.3, -0.25) is 18.6 Å². The number of nitrogens with zero attached hydrogens (tertiary/aromatic N) is 1. The maximum absolute atomic E-state index is 12.9. The summed E-state index contributed by atoms with van der Waals surface area (Å²) in [6, 6.07) is 0. The van der Waals surface area contributed by atoms with Crippen LogP contribution in [-0.4, -0.2) is 74.9 Å². The van der Waals surface area contributed by atoms with Crippen LogP contribution in [0.3, 0.4) is 0 Å². The van der Waals surface area contributed by atoms with E-state index in [9.17, 15) is 19.0 Å². The Hall–Kier alpha value is -3.85. The number of esters is 2. The van der Waals surface area contributed by atoms with Gasteiger partial charge in [0.25, 0.3) is 0 Å². The van der Waals surface area contributed by atoms with Crippen molar-refractivity contribution in [2.75, 3.05) is 47.5 Å². The van der Waals surface area contributed by atoms with Crippen molar-refractivity contribution < 1.29 is 42.1 Å². The molecule has 1 N–H and O–H groups in total. The van der Waals surface area contributed by atoms with Crippen molar-refractivity contribution in [3.63, 3.8) is 0 Å². The van der Waals surface area contributed by atoms with E-state index in [4.69, 9.17) is 18.5 Å². The molecule has 10 heteroatoms. The van der Waals surface area contributed by atoms with Crippen LogP contribution in [0.1, 0.15) is 380 Å². The lowest BCUT2D eigenvalue weighted by atomic mass is 10.0. The van der Waals surface area contributed by atoms with E-state index in [1.807, 2.05) is 21.1 Å². The molecule has 2 unspecified atom stereocenters. The van der Waals surface area contributed by atoms with Gasteiger partial charge in [-0.2, -0.15) is 0 Å². The predicted molar refractivity (Wildman–Crippen MR) is 441 cm³/mol. The average molecular weight is 1430 g/mol. The van der Waals surface area contributed by atoms with Crippen LogP contribution in [0.4, 0.5) is 0 Å². The molecule has 0 bridgehead atoms. The van der Waals surface area contributed by atoms with E-state index in [0.717, 1.165) is 116 Å². The van der Waals surface area contributed by atoms with Gasteiger partial charge in [0, 0.05) is 12.8 Å². The largest absolute Gasteiger partial charge is 0.472 e. The molecule has 0 aliphatic rings. The quantitative estimate of drug-likeness (QED) is 0.0211. The molecule has 9 nitrogen and oxygen atoms in total. The Morgan fingerprint density at radius 3 is 0.842 bits per heavy atom. The Bertz CT molecular complexity index is 2170. The predicted octanol–water partition coefficient (Wildman–Crippen LogP) is 28.7. The van der Waals surface area contributed by atoms with Gasteiger partial charge in [-0.25, -0.2) is 4.57 Å². The summed E-state index contributed by atoms with van der Waals surface area (Å²) in [5.41, 5.74) is 0. The highest BCUT2D eigenvalue weighted by Crippen LogP contribution is 2.43. The van der Waals surface area contributed by atoms with Gasteiger partial charge in [0.2, 0.25) is 0 Å². The molecule has 0 radical (unpaired) electrons. The van der Waals surface area contributed by atoms with Crippen molar-refractivity contribution in [2.45, 2.75) is 386 Å². The van der Waals surface area contributed by atoms with Crippen LogP contribution in [-0.2, 0) is 32.7 Å². The Morgan fingerprint density at radius 1 is 0.317 bits per heavy atom. The molecule has 2 atom stereocenters. The molecular weight excluding hydrogens is 1270 g/mol. The lowest BCUT2D eigenvalue weighted by Crippen LogP contribution is -2.37. The molecule has 0 amide bonds. The van der Waals surface area contributed by atoms with Crippen molar-refractivity contribution in [2.24, 2.45) is 0 Å². The van der Waals surface area contributed by atoms with E-state index >= 15 is 0 Å². The number of hydrogen-bond donors (Lipinski definition) is 1. The first-order chi connectivity index (χ1) is 49.5. The zero-order valence-electron chi connectivity index (χ0n) is 66.6. The highest BCUT2D eigenvalue weighted by Gasteiger charge is 2.27. The lowest BCUT2D eigenvalue weighted by Gasteiger charge is -2.24. The monoisotopic (exact) mass is 1430 g/mol. The Morgan fingerprint density at radius 2 is 0.564 bits per heavy atom. The van der Waals surface area contributed by atoms with Crippen molar-refractivity contribution in [1.82, 2.24) is 0 Å². The molecule has 101 heavy (non-hydrogen) atoms. The number of phosphoric ester groups is 1. The van der Waals surface area contributed by atoms with Gasteiger partial charge in [-0.15, -0.1) is 0 Å². The summed E-state index contributed by atoms with van der Waals surface area (Å²) in [7, 11) is 1.47. The van der Waals surface area contributed by atoms with Gasteiger partial charge >= 0.3 is 19.8 Å². The van der Waals surface area contributed by atoms with Gasteiger partial charge in [0.15, 0.2) is 6.10 Å². The second kappa shape index (κ2) is 80.3. The topological polar surface area (TPSA) is 108 Å². The smallest absolute Gasteiger partial charge is 0.462 e. The number of phosphoric acid groups is 1. The van der Waals surface area contributed by atoms with Gasteiger partial charge in [-0.05, 0) is 96.3 Å². The SMILES string of the molecule is CC/C=C\C/C=C\C/C=C\C/C=C\C/C=C\C/C=C\C/C=C\C/C=C\C/C=C\C/C=C\C/C=C\CCCCCCCCCC(=O)OC(COC(=O)CCCCCCCCCCCCCCCCCCCCCCCCCCCCCCCCCCCCCC)COP(=O)(O)OCC[N+](C)(C)C. The Labute approximate surface area is 625 Å². The number of rotatable bonds is 78. The summed E-state index contributed by atoms with van der Waals surface area (Å²) < 4.78 is 34.8. The molecule has 0 spiro atoms. The van der Waals surface area contributed by atoms with Crippen LogP contribution in [0.2, 0.25) is 0 Å². The maximum atomic E-state index is 12.9. The maximum Gasteiger partial charge on any atom is 0.472 e. The molecule has 0 aromatic rings. The molecule has 0 aromatic carbocycles. The summed E-state index contributed by atoms with van der Waals surface area (Å²) in [5.74, 6) is -0.802. The minimum atomic E-state index is -4.41. The molecule has 0 fully saturated rings. The van der Waals surface area contributed by atoms with Crippen molar-refractivity contribution in [3.8, 4) is 0 Å². The standard InChI is InChI=1S/C91H160NO8P/c1-6-8-10-12-14-16-18-20-22-24-26-28-30-32-34-36-38-40-42-44-45-46-47-48-50-52-54-56-58-60-62-64-66-68-70-72-74-76-78-80-82-84-91(94)100-89(88-99-101(95,96)98-86-85-92(3,4)5)87-97-90(93)83-81-79-77-75-73-71-69-67-65-63-61-59-57-55-53-51-49-43-41-39-37-35-33-31-29-27-25-23-21-19-17-15-13-11-9-7-2/h8,10,14,16,20,22,26,28,32,34,38,40,44-45,47-48,52,54,58,60,64,66,89H,6-7,9,11-13,15,17-19,21,23-25,27,29-31,33,35-37,39,41-43,46,49-51,53,55-57,59,61-63,65,67-88H2,1-5H3/p+1/b10-8-,16-14-,22-20-,28-26-,34-32-,40-38-,45-44-,48-47-,54-52-,60-58-,66-64-. The third-order valence-corrected chi connectivity index (χ3v) is 19.4. The molecule has 582 valence electrons. The highest BCUT2D eigenvalue weighted by atomic mass is 31.2. The number of carbonyl (C=O) groups is 2. The van der Waals surface area contributed by atoms with Crippen LogP contribution in [0.15, 0.2) is 134 Å². The average Bonchev–Trinajstić information content (AvgIpc) is 1.02. The minimum absolute atomic E-state index is 0.0251. The molecular formula is C91H161NO8P+. The normalized spacial score (nSPS) is 13.7. The van der Waals surface area contributed by atoms with E-state index in [1.165, 1.54) is 231 Å². The summed E-state index contributed by atoms with van der Waals surface area (Å²) in [4.78, 5) is 36.0. The van der Waals surface area contributed by atoms with Crippen molar-refractivity contribution >= 4 is 19.8 Å². The fraction of sp³-hybridized carbons (Fsp3) is 0.736. The number of unbranched alkanes of at least 4 members (excludes halogenated alkanes) is 42. The van der Waals surface area contributed by atoms with E-state index in [2.05, 4.69) is 148 Å². The second-order valence-corrected chi connectivity index (χ2v) is 30.9. The Balaban J connectivity index is 4.00. The fourth-order valence-corrected chi connectivity index (χ4v) is 12.8. The fourth-order valence-electron chi connectivity index (χ4n) is 12.0. The van der Waals surface area contributed by atoms with Gasteiger partial charge in [0.1, 0.15) is 19.8 Å². The molecule has 0 saturated heterocycles. The van der Waals surface area contributed by atoms with E-state index < -0.39 is 26.5 Å². The van der Waals surface area contributed by atoms with Crippen LogP contribution in [0, 0.1) is 0 Å². The number of allylic oxidation sites excluding steroid dienone is 22. The first-order valence-corrected chi connectivity index (χ1v) is 43.9. The van der Waals surface area contributed by atoms with Crippen LogP contribution < -0.4 is 0 Å². The Kier molecular flexibility index (Phi) is 77.2. The third-order valence-electron chi connectivity index (χ3n) is 18.4.